The fraction of sp³-hybridized carbons (Fsp3) is 0.833. The van der Waals surface area contributed by atoms with E-state index in [4.69, 9.17) is 9.84 Å². The predicted octanol–water partition coefficient (Wildman–Crippen LogP) is 0.981. The number of ether oxygens (including phenoxy) is 1. The zero-order valence-corrected chi connectivity index (χ0v) is 10.7. The van der Waals surface area contributed by atoms with Gasteiger partial charge in [-0.2, -0.15) is 0 Å². The Morgan fingerprint density at radius 3 is 2.71 bits per heavy atom. The van der Waals surface area contributed by atoms with Crippen LogP contribution >= 0.6 is 0 Å². The number of nitrogens with zero attached hydrogens (tertiary/aromatic N) is 1. The molecule has 1 aliphatic heterocycles. The Morgan fingerprint density at radius 1 is 1.59 bits per heavy atom. The minimum Gasteiger partial charge on any atom is -0.481 e. The van der Waals surface area contributed by atoms with E-state index in [0.29, 0.717) is 26.0 Å². The fourth-order valence-corrected chi connectivity index (χ4v) is 2.21. The summed E-state index contributed by atoms with van der Waals surface area (Å²) >= 11 is 0. The summed E-state index contributed by atoms with van der Waals surface area (Å²) in [5, 5.41) is 9.02. The summed E-state index contributed by atoms with van der Waals surface area (Å²) in [6.45, 7) is 4.79. The highest BCUT2D eigenvalue weighted by atomic mass is 16.5. The number of rotatable bonds is 5. The molecule has 1 saturated heterocycles. The number of methoxy groups -OCH3 is 1. The highest BCUT2D eigenvalue weighted by Gasteiger charge is 2.35. The Balaban J connectivity index is 2.76. The first-order valence-corrected chi connectivity index (χ1v) is 5.98. The first kappa shape index (κ1) is 14.0. The topological polar surface area (TPSA) is 66.8 Å². The molecule has 0 aromatic heterocycles. The van der Waals surface area contributed by atoms with Crippen LogP contribution in [0.2, 0.25) is 0 Å². The van der Waals surface area contributed by atoms with Crippen LogP contribution in [0, 0.1) is 11.8 Å². The molecule has 1 rings (SSSR count). The van der Waals surface area contributed by atoms with Crippen LogP contribution in [0.3, 0.4) is 0 Å². The molecule has 0 aromatic rings. The van der Waals surface area contributed by atoms with Gasteiger partial charge in [-0.25, -0.2) is 0 Å². The summed E-state index contributed by atoms with van der Waals surface area (Å²) in [5.74, 6) is -0.960. The largest absolute Gasteiger partial charge is 0.481 e. The van der Waals surface area contributed by atoms with Crippen LogP contribution in [-0.4, -0.2) is 48.2 Å². The van der Waals surface area contributed by atoms with E-state index in [0.717, 1.165) is 0 Å². The summed E-state index contributed by atoms with van der Waals surface area (Å²) in [7, 11) is 1.60. The third-order valence-corrected chi connectivity index (χ3v) is 3.30. The van der Waals surface area contributed by atoms with Gasteiger partial charge in [0.25, 0.3) is 0 Å². The van der Waals surface area contributed by atoms with Crippen molar-refractivity contribution in [3.63, 3.8) is 0 Å². The van der Waals surface area contributed by atoms with E-state index in [9.17, 15) is 9.59 Å². The van der Waals surface area contributed by atoms with Gasteiger partial charge in [-0.15, -0.1) is 0 Å². The Hall–Kier alpha value is -1.10. The Morgan fingerprint density at radius 2 is 2.24 bits per heavy atom. The molecule has 0 aliphatic carbocycles. The zero-order valence-electron chi connectivity index (χ0n) is 10.7. The third-order valence-electron chi connectivity index (χ3n) is 3.30. The van der Waals surface area contributed by atoms with Gasteiger partial charge in [0, 0.05) is 20.1 Å². The number of likely N-dealkylation sites (tertiary alicyclic amines) is 1. The highest BCUT2D eigenvalue weighted by Crippen LogP contribution is 2.23. The lowest BCUT2D eigenvalue weighted by Gasteiger charge is -2.38. The lowest BCUT2D eigenvalue weighted by molar-refractivity contribution is -0.150. The summed E-state index contributed by atoms with van der Waals surface area (Å²) in [5.41, 5.74) is 0. The van der Waals surface area contributed by atoms with Crippen LogP contribution in [0.5, 0.6) is 0 Å². The molecule has 1 heterocycles. The molecule has 5 heteroatoms. The molecule has 0 radical (unpaired) electrons. The smallest absolute Gasteiger partial charge is 0.308 e. The molecule has 5 nitrogen and oxygen atoms in total. The molecule has 1 fully saturated rings. The van der Waals surface area contributed by atoms with Crippen LogP contribution in [0.15, 0.2) is 0 Å². The maximum absolute atomic E-state index is 11.9. The molecule has 2 atom stereocenters. The Labute approximate surface area is 102 Å². The first-order valence-electron chi connectivity index (χ1n) is 5.98. The van der Waals surface area contributed by atoms with Crippen molar-refractivity contribution in [3.05, 3.63) is 0 Å². The van der Waals surface area contributed by atoms with Crippen molar-refractivity contribution in [2.75, 3.05) is 20.3 Å². The number of carbonyl (C=O) groups is 2. The number of hydrogen-bond acceptors (Lipinski definition) is 3. The number of carbonyl (C=O) groups excluding carboxylic acids is 1. The van der Waals surface area contributed by atoms with Crippen LogP contribution in [0.4, 0.5) is 0 Å². The van der Waals surface area contributed by atoms with Gasteiger partial charge in [-0.1, -0.05) is 13.8 Å². The minimum atomic E-state index is -0.817. The van der Waals surface area contributed by atoms with Crippen molar-refractivity contribution in [1.82, 2.24) is 4.90 Å². The number of aliphatic carboxylic acids is 1. The maximum atomic E-state index is 11.9. The summed E-state index contributed by atoms with van der Waals surface area (Å²) in [6, 6.07) is -0.0327. The van der Waals surface area contributed by atoms with Crippen LogP contribution in [-0.2, 0) is 14.3 Å². The van der Waals surface area contributed by atoms with Crippen molar-refractivity contribution >= 4 is 11.9 Å². The zero-order chi connectivity index (χ0) is 13.0. The summed E-state index contributed by atoms with van der Waals surface area (Å²) in [6.07, 6.45) is 0.770. The molecule has 17 heavy (non-hydrogen) atoms. The molecule has 0 bridgehead atoms. The van der Waals surface area contributed by atoms with Crippen LogP contribution in [0.25, 0.3) is 0 Å². The molecule has 98 valence electrons. The number of piperidine rings is 1. The fourth-order valence-electron chi connectivity index (χ4n) is 2.21. The Kier molecular flexibility index (Phi) is 4.93. The SMILES string of the molecule is COCC(C(C)C)N1CC(C(=O)O)CCC1=O. The Bertz CT molecular complexity index is 290. The molecule has 0 spiro atoms. The second-order valence-electron chi connectivity index (χ2n) is 4.89. The molecule has 0 saturated carbocycles. The van der Waals surface area contributed by atoms with E-state index in [2.05, 4.69) is 0 Å². The monoisotopic (exact) mass is 243 g/mol. The normalized spacial score (nSPS) is 22.9. The number of amides is 1. The first-order chi connectivity index (χ1) is 7.97. The summed E-state index contributed by atoms with van der Waals surface area (Å²) < 4.78 is 5.12. The molecule has 1 amide bonds. The quantitative estimate of drug-likeness (QED) is 0.781. The number of hydrogen-bond donors (Lipinski definition) is 1. The van der Waals surface area contributed by atoms with E-state index in [1.54, 1.807) is 12.0 Å². The van der Waals surface area contributed by atoms with Crippen LogP contribution in [0.1, 0.15) is 26.7 Å². The van der Waals surface area contributed by atoms with E-state index in [-0.39, 0.29) is 17.9 Å². The third kappa shape index (κ3) is 3.43. The lowest BCUT2D eigenvalue weighted by atomic mass is 9.93. The standard InChI is InChI=1S/C12H21NO4/c1-8(2)10(7-17-3)13-6-9(12(15)16)4-5-11(13)14/h8-10H,4-7H2,1-3H3,(H,15,16). The van der Waals surface area contributed by atoms with Gasteiger partial charge in [0.15, 0.2) is 0 Å². The van der Waals surface area contributed by atoms with Crippen molar-refractivity contribution < 1.29 is 19.4 Å². The molecular formula is C12H21NO4. The number of carboxylic acid groups (broad SMARTS) is 1. The molecule has 1 N–H and O–H groups in total. The lowest BCUT2D eigenvalue weighted by Crippen LogP contribution is -2.51. The highest BCUT2D eigenvalue weighted by molar-refractivity contribution is 5.80. The van der Waals surface area contributed by atoms with Gasteiger partial charge in [-0.3, -0.25) is 9.59 Å². The average Bonchev–Trinajstić information content (AvgIpc) is 2.26. The second kappa shape index (κ2) is 6.00. The van der Waals surface area contributed by atoms with Crippen LogP contribution < -0.4 is 0 Å². The van der Waals surface area contributed by atoms with Gasteiger partial charge in [0.05, 0.1) is 18.6 Å². The molecule has 0 aromatic carbocycles. The van der Waals surface area contributed by atoms with Crippen molar-refractivity contribution in [2.24, 2.45) is 11.8 Å². The van der Waals surface area contributed by atoms with Crippen molar-refractivity contribution in [3.8, 4) is 0 Å². The summed E-state index contributed by atoms with van der Waals surface area (Å²) in [4.78, 5) is 24.5. The van der Waals surface area contributed by atoms with E-state index in [1.807, 2.05) is 13.8 Å². The van der Waals surface area contributed by atoms with Gasteiger partial charge in [0.1, 0.15) is 0 Å². The van der Waals surface area contributed by atoms with Gasteiger partial charge in [-0.05, 0) is 12.3 Å². The van der Waals surface area contributed by atoms with E-state index < -0.39 is 11.9 Å². The van der Waals surface area contributed by atoms with Gasteiger partial charge >= 0.3 is 5.97 Å². The predicted molar refractivity (Wildman–Crippen MR) is 62.6 cm³/mol. The second-order valence-corrected chi connectivity index (χ2v) is 4.89. The van der Waals surface area contributed by atoms with Gasteiger partial charge in [0.2, 0.25) is 5.91 Å². The van der Waals surface area contributed by atoms with E-state index in [1.165, 1.54) is 0 Å². The van der Waals surface area contributed by atoms with Gasteiger partial charge < -0.3 is 14.7 Å². The van der Waals surface area contributed by atoms with Crippen molar-refractivity contribution in [1.29, 1.82) is 0 Å². The molecular weight excluding hydrogens is 222 g/mol. The maximum Gasteiger partial charge on any atom is 0.308 e. The average molecular weight is 243 g/mol. The molecule has 1 aliphatic rings. The number of carboxylic acids is 1. The minimum absolute atomic E-state index is 0.0327. The van der Waals surface area contributed by atoms with Crippen molar-refractivity contribution in [2.45, 2.75) is 32.7 Å². The van der Waals surface area contributed by atoms with E-state index >= 15 is 0 Å². The molecule has 2 unspecified atom stereocenters.